The van der Waals surface area contributed by atoms with Gasteiger partial charge < -0.3 is 0 Å². The number of nitrogens with zero attached hydrogens (tertiary/aromatic N) is 4. The highest BCUT2D eigenvalue weighted by molar-refractivity contribution is 6.31. The Morgan fingerprint density at radius 3 is 2.81 bits per heavy atom. The summed E-state index contributed by atoms with van der Waals surface area (Å²) in [7, 11) is 0. The molecule has 128 valence electrons. The Balaban J connectivity index is 1.83. The second kappa shape index (κ2) is 6.32. The van der Waals surface area contributed by atoms with Crippen LogP contribution >= 0.6 is 11.6 Å². The molecule has 4 rings (SSSR count). The highest BCUT2D eigenvalue weighted by Crippen LogP contribution is 2.34. The van der Waals surface area contributed by atoms with Gasteiger partial charge in [-0.3, -0.25) is 14.8 Å². The van der Waals surface area contributed by atoms with E-state index in [9.17, 15) is 10.1 Å². The minimum Gasteiger partial charge on any atom is -0.291 e. The van der Waals surface area contributed by atoms with Gasteiger partial charge in [-0.05, 0) is 24.6 Å². The highest BCUT2D eigenvalue weighted by Gasteiger charge is 2.40. The van der Waals surface area contributed by atoms with Crippen molar-refractivity contribution in [2.75, 3.05) is 16.3 Å². The van der Waals surface area contributed by atoms with E-state index in [1.165, 1.54) is 4.90 Å². The highest BCUT2D eigenvalue weighted by atomic mass is 35.5. The third-order valence-corrected chi connectivity index (χ3v) is 4.86. The van der Waals surface area contributed by atoms with E-state index in [1.807, 2.05) is 37.3 Å². The summed E-state index contributed by atoms with van der Waals surface area (Å²) in [6, 6.07) is 14.5. The van der Waals surface area contributed by atoms with Crippen molar-refractivity contribution in [2.45, 2.75) is 13.0 Å². The van der Waals surface area contributed by atoms with E-state index < -0.39 is 6.04 Å². The van der Waals surface area contributed by atoms with Gasteiger partial charge in [0, 0.05) is 27.7 Å². The van der Waals surface area contributed by atoms with Crippen LogP contribution in [-0.2, 0) is 0 Å². The van der Waals surface area contributed by atoms with Crippen LogP contribution in [0.3, 0.4) is 0 Å². The van der Waals surface area contributed by atoms with Gasteiger partial charge in [0.2, 0.25) is 0 Å². The SMILES string of the molecule is Cc1ccc(Cl)cc1N1C[C@@H](C#N)N(c2cncc3ccccc23)C1=O. The number of nitriles is 1. The number of benzene rings is 2. The first-order chi connectivity index (χ1) is 12.6. The number of halogens is 1. The largest absolute Gasteiger partial charge is 0.330 e. The van der Waals surface area contributed by atoms with Crippen LogP contribution in [0.4, 0.5) is 16.2 Å². The molecule has 2 aromatic carbocycles. The number of fused-ring (bicyclic) bond motifs is 1. The molecule has 0 N–H and O–H groups in total. The van der Waals surface area contributed by atoms with E-state index >= 15 is 0 Å². The van der Waals surface area contributed by atoms with Gasteiger partial charge in [-0.1, -0.05) is 41.9 Å². The maximum atomic E-state index is 13.2. The van der Waals surface area contributed by atoms with Crippen molar-refractivity contribution in [2.24, 2.45) is 0 Å². The van der Waals surface area contributed by atoms with Crippen molar-refractivity contribution in [3.8, 4) is 6.07 Å². The molecule has 1 fully saturated rings. The van der Waals surface area contributed by atoms with Gasteiger partial charge in [0.15, 0.2) is 0 Å². The standard InChI is InChI=1S/C20H15ClN4O/c1-13-6-7-15(21)8-18(13)24-12-16(9-22)25(20(24)26)19-11-23-10-14-4-2-3-5-17(14)19/h2-8,10-11,16H,12H2,1H3/t16-/m1/s1. The summed E-state index contributed by atoms with van der Waals surface area (Å²) >= 11 is 6.12. The number of carbonyl (C=O) groups is 1. The van der Waals surface area contributed by atoms with Gasteiger partial charge in [0.1, 0.15) is 6.04 Å². The first-order valence-electron chi connectivity index (χ1n) is 8.19. The minimum atomic E-state index is -0.603. The van der Waals surface area contributed by atoms with Crippen molar-refractivity contribution >= 4 is 39.8 Å². The predicted octanol–water partition coefficient (Wildman–Crippen LogP) is 4.54. The molecule has 0 aliphatic carbocycles. The van der Waals surface area contributed by atoms with Crippen molar-refractivity contribution in [1.29, 1.82) is 5.26 Å². The quantitative estimate of drug-likeness (QED) is 0.672. The Kier molecular flexibility index (Phi) is 3.98. The fourth-order valence-electron chi connectivity index (χ4n) is 3.33. The summed E-state index contributed by atoms with van der Waals surface area (Å²) < 4.78 is 0. The summed E-state index contributed by atoms with van der Waals surface area (Å²) in [4.78, 5) is 20.6. The van der Waals surface area contributed by atoms with Crippen LogP contribution in [-0.4, -0.2) is 23.6 Å². The van der Waals surface area contributed by atoms with E-state index in [1.54, 1.807) is 29.4 Å². The number of hydrogen-bond acceptors (Lipinski definition) is 3. The number of urea groups is 1. The molecule has 6 heteroatoms. The third-order valence-electron chi connectivity index (χ3n) is 4.62. The number of anilines is 2. The van der Waals surface area contributed by atoms with Crippen molar-refractivity contribution in [3.63, 3.8) is 0 Å². The number of aryl methyl sites for hydroxylation is 1. The molecule has 1 aliphatic heterocycles. The monoisotopic (exact) mass is 362 g/mol. The van der Waals surface area contributed by atoms with Crippen LogP contribution in [0.15, 0.2) is 54.9 Å². The van der Waals surface area contributed by atoms with E-state index in [-0.39, 0.29) is 12.6 Å². The lowest BCUT2D eigenvalue weighted by Gasteiger charge is -2.21. The average molecular weight is 363 g/mol. The number of rotatable bonds is 2. The zero-order valence-corrected chi connectivity index (χ0v) is 14.8. The molecule has 0 unspecified atom stereocenters. The maximum Gasteiger partial charge on any atom is 0.330 e. The molecule has 5 nitrogen and oxygen atoms in total. The first-order valence-corrected chi connectivity index (χ1v) is 8.57. The Morgan fingerprint density at radius 1 is 1.19 bits per heavy atom. The summed E-state index contributed by atoms with van der Waals surface area (Å²) in [5, 5.41) is 12.0. The Morgan fingerprint density at radius 2 is 2.00 bits per heavy atom. The molecular weight excluding hydrogens is 348 g/mol. The molecule has 0 radical (unpaired) electrons. The molecule has 0 spiro atoms. The van der Waals surface area contributed by atoms with Gasteiger partial charge in [-0.25, -0.2) is 4.79 Å². The van der Waals surface area contributed by atoms with Crippen LogP contribution in [0.25, 0.3) is 10.8 Å². The van der Waals surface area contributed by atoms with Gasteiger partial charge in [0.25, 0.3) is 0 Å². The zero-order chi connectivity index (χ0) is 18.3. The van der Waals surface area contributed by atoms with Crippen LogP contribution in [0, 0.1) is 18.3 Å². The topological polar surface area (TPSA) is 60.2 Å². The smallest absolute Gasteiger partial charge is 0.291 e. The first kappa shape index (κ1) is 16.4. The zero-order valence-electron chi connectivity index (χ0n) is 14.1. The Hall–Kier alpha value is -3.10. The Bertz CT molecular complexity index is 1050. The van der Waals surface area contributed by atoms with E-state index in [4.69, 9.17) is 11.6 Å². The van der Waals surface area contributed by atoms with Crippen molar-refractivity contribution < 1.29 is 4.79 Å². The normalized spacial score (nSPS) is 17.0. The predicted molar refractivity (Wildman–Crippen MR) is 103 cm³/mol. The Labute approximate surface area is 156 Å². The van der Waals surface area contributed by atoms with Gasteiger partial charge in [-0.2, -0.15) is 5.26 Å². The number of aromatic nitrogens is 1. The molecule has 0 saturated carbocycles. The summed E-state index contributed by atoms with van der Waals surface area (Å²) in [6.45, 7) is 2.20. The van der Waals surface area contributed by atoms with Crippen molar-refractivity contribution in [3.05, 3.63) is 65.4 Å². The third kappa shape index (κ3) is 2.56. The van der Waals surface area contributed by atoms with E-state index in [0.717, 1.165) is 22.0 Å². The van der Waals surface area contributed by atoms with Crippen LogP contribution < -0.4 is 9.80 Å². The fourth-order valence-corrected chi connectivity index (χ4v) is 3.50. The molecule has 1 atom stereocenters. The van der Waals surface area contributed by atoms with Crippen LogP contribution in [0.2, 0.25) is 5.02 Å². The molecule has 3 aromatic rings. The molecule has 1 aliphatic rings. The maximum absolute atomic E-state index is 13.2. The number of hydrogen-bond donors (Lipinski definition) is 0. The average Bonchev–Trinajstić information content (AvgIpc) is 2.99. The molecule has 2 amide bonds. The molecule has 1 aromatic heterocycles. The van der Waals surface area contributed by atoms with Crippen molar-refractivity contribution in [1.82, 2.24) is 4.98 Å². The summed E-state index contributed by atoms with van der Waals surface area (Å²) in [5.74, 6) is 0. The van der Waals surface area contributed by atoms with E-state index in [2.05, 4.69) is 11.1 Å². The van der Waals surface area contributed by atoms with Gasteiger partial charge >= 0.3 is 6.03 Å². The van der Waals surface area contributed by atoms with E-state index in [0.29, 0.717) is 10.7 Å². The lowest BCUT2D eigenvalue weighted by molar-refractivity contribution is 0.255. The van der Waals surface area contributed by atoms with Crippen LogP contribution in [0.5, 0.6) is 0 Å². The second-order valence-corrected chi connectivity index (χ2v) is 6.66. The lowest BCUT2D eigenvalue weighted by Crippen LogP contribution is -2.34. The molecule has 1 saturated heterocycles. The summed E-state index contributed by atoms with van der Waals surface area (Å²) in [5.41, 5.74) is 2.29. The van der Waals surface area contributed by atoms with Gasteiger partial charge in [-0.15, -0.1) is 0 Å². The second-order valence-electron chi connectivity index (χ2n) is 6.22. The molecular formula is C20H15ClN4O. The number of carbonyl (C=O) groups excluding carboxylic acids is 1. The fraction of sp³-hybridized carbons (Fsp3) is 0.150. The van der Waals surface area contributed by atoms with Crippen LogP contribution in [0.1, 0.15) is 5.56 Å². The summed E-state index contributed by atoms with van der Waals surface area (Å²) in [6.07, 6.45) is 3.39. The number of amides is 2. The molecule has 26 heavy (non-hydrogen) atoms. The molecule has 0 bridgehead atoms. The molecule has 2 heterocycles. The number of pyridine rings is 1. The van der Waals surface area contributed by atoms with Gasteiger partial charge in [0.05, 0.1) is 24.5 Å². The lowest BCUT2D eigenvalue weighted by atomic mass is 10.1. The minimum absolute atomic E-state index is 0.250.